The highest BCUT2D eigenvalue weighted by Crippen LogP contribution is 2.30. The Bertz CT molecular complexity index is 1230. The van der Waals surface area contributed by atoms with Crippen LogP contribution in [0.15, 0.2) is 60.7 Å². The number of ether oxygens (including phenoxy) is 2. The van der Waals surface area contributed by atoms with Crippen LogP contribution in [0.1, 0.15) is 17.5 Å². The number of benzene rings is 3. The molecule has 1 heterocycles. The van der Waals surface area contributed by atoms with Gasteiger partial charge in [-0.1, -0.05) is 48.5 Å². The van der Waals surface area contributed by atoms with Crippen molar-refractivity contribution in [2.75, 3.05) is 25.7 Å². The molecule has 0 saturated carbocycles. The number of carbonyl (C=O) groups is 1. The third-order valence-electron chi connectivity index (χ3n) is 5.99. The van der Waals surface area contributed by atoms with Crippen molar-refractivity contribution in [2.45, 2.75) is 25.4 Å². The molecular formula is C25H27NO5S. The first-order valence-electron chi connectivity index (χ1n) is 10.6. The van der Waals surface area contributed by atoms with Crippen molar-refractivity contribution < 1.29 is 22.7 Å². The Hall–Kier alpha value is -3.06. The average molecular weight is 454 g/mol. The number of hydrogen-bond donors (Lipinski definition) is 0. The number of carbonyl (C=O) groups excluding carboxylic acids is 1. The first kappa shape index (κ1) is 22.1. The van der Waals surface area contributed by atoms with Crippen molar-refractivity contribution in [1.29, 1.82) is 0 Å². The van der Waals surface area contributed by atoms with E-state index < -0.39 is 9.84 Å². The summed E-state index contributed by atoms with van der Waals surface area (Å²) in [5.41, 5.74) is 1.80. The molecule has 6 nitrogen and oxygen atoms in total. The zero-order valence-corrected chi connectivity index (χ0v) is 19.1. The van der Waals surface area contributed by atoms with E-state index in [9.17, 15) is 13.2 Å². The maximum Gasteiger partial charge on any atom is 0.227 e. The summed E-state index contributed by atoms with van der Waals surface area (Å²) >= 11 is 0. The fraction of sp³-hybridized carbons (Fsp3) is 0.320. The fourth-order valence-corrected chi connectivity index (χ4v) is 6.06. The van der Waals surface area contributed by atoms with Crippen molar-refractivity contribution in [3.8, 4) is 11.5 Å². The number of fused-ring (bicyclic) bond motifs is 1. The molecule has 3 aromatic carbocycles. The number of sulfone groups is 1. The Balaban J connectivity index is 1.64. The molecule has 3 aromatic rings. The molecule has 7 heteroatoms. The van der Waals surface area contributed by atoms with E-state index in [2.05, 4.69) is 0 Å². The van der Waals surface area contributed by atoms with Gasteiger partial charge in [-0.15, -0.1) is 0 Å². The minimum Gasteiger partial charge on any atom is -0.493 e. The molecular weight excluding hydrogens is 426 g/mol. The van der Waals surface area contributed by atoms with E-state index in [-0.39, 0.29) is 29.9 Å². The van der Waals surface area contributed by atoms with Gasteiger partial charge in [0, 0.05) is 12.6 Å². The van der Waals surface area contributed by atoms with Crippen LogP contribution in [0.4, 0.5) is 0 Å². The number of methoxy groups -OCH3 is 2. The molecule has 1 aliphatic rings. The first-order chi connectivity index (χ1) is 15.4. The molecule has 0 aliphatic carbocycles. The lowest BCUT2D eigenvalue weighted by Gasteiger charge is -2.29. The van der Waals surface area contributed by atoms with E-state index >= 15 is 0 Å². The number of nitrogens with zero attached hydrogens (tertiary/aromatic N) is 1. The summed E-state index contributed by atoms with van der Waals surface area (Å²) < 4.78 is 35.0. The second-order valence-electron chi connectivity index (χ2n) is 8.08. The van der Waals surface area contributed by atoms with Gasteiger partial charge in [0.05, 0.1) is 32.1 Å². The van der Waals surface area contributed by atoms with Gasteiger partial charge in [-0.25, -0.2) is 8.42 Å². The predicted molar refractivity (Wildman–Crippen MR) is 125 cm³/mol. The summed E-state index contributed by atoms with van der Waals surface area (Å²) in [4.78, 5) is 15.2. The molecule has 0 aromatic heterocycles. The number of amides is 1. The number of rotatable bonds is 7. The summed E-state index contributed by atoms with van der Waals surface area (Å²) in [6, 6.07) is 19.1. The van der Waals surface area contributed by atoms with Gasteiger partial charge in [-0.3, -0.25) is 4.79 Å². The summed E-state index contributed by atoms with van der Waals surface area (Å²) in [6.45, 7) is 0.310. The summed E-state index contributed by atoms with van der Waals surface area (Å²) in [5.74, 6) is 1.21. The van der Waals surface area contributed by atoms with Crippen LogP contribution in [-0.2, 0) is 27.6 Å². The van der Waals surface area contributed by atoms with E-state index in [1.54, 1.807) is 25.2 Å². The van der Waals surface area contributed by atoms with Gasteiger partial charge in [-0.2, -0.15) is 0 Å². The smallest absolute Gasteiger partial charge is 0.227 e. The molecule has 1 saturated heterocycles. The van der Waals surface area contributed by atoms with Gasteiger partial charge in [0.1, 0.15) is 0 Å². The van der Waals surface area contributed by atoms with Crippen LogP contribution in [0.5, 0.6) is 11.5 Å². The van der Waals surface area contributed by atoms with Crippen LogP contribution in [-0.4, -0.2) is 51.0 Å². The van der Waals surface area contributed by atoms with Crippen LogP contribution in [0, 0.1) is 0 Å². The molecule has 1 aliphatic heterocycles. The molecule has 0 radical (unpaired) electrons. The Morgan fingerprint density at radius 2 is 1.75 bits per heavy atom. The molecule has 0 N–H and O–H groups in total. The van der Waals surface area contributed by atoms with Crippen molar-refractivity contribution >= 4 is 26.5 Å². The molecule has 32 heavy (non-hydrogen) atoms. The van der Waals surface area contributed by atoms with Crippen molar-refractivity contribution in [2.24, 2.45) is 0 Å². The topological polar surface area (TPSA) is 72.9 Å². The maximum absolute atomic E-state index is 13.5. The fourth-order valence-electron chi connectivity index (χ4n) is 4.33. The largest absolute Gasteiger partial charge is 0.493 e. The van der Waals surface area contributed by atoms with E-state index in [4.69, 9.17) is 9.47 Å². The Morgan fingerprint density at radius 3 is 2.47 bits per heavy atom. The van der Waals surface area contributed by atoms with Gasteiger partial charge < -0.3 is 14.4 Å². The van der Waals surface area contributed by atoms with Crippen molar-refractivity contribution in [3.63, 3.8) is 0 Å². The van der Waals surface area contributed by atoms with Gasteiger partial charge in [-0.05, 0) is 40.5 Å². The van der Waals surface area contributed by atoms with Crippen LogP contribution in [0.3, 0.4) is 0 Å². The van der Waals surface area contributed by atoms with Gasteiger partial charge >= 0.3 is 0 Å². The molecule has 1 atom stereocenters. The molecule has 0 spiro atoms. The van der Waals surface area contributed by atoms with Crippen LogP contribution >= 0.6 is 0 Å². The minimum atomic E-state index is -3.14. The molecule has 0 bridgehead atoms. The maximum atomic E-state index is 13.5. The standard InChI is InChI=1S/C25H27NO5S/c1-30-23-11-10-18(14-24(23)31-2)16-26(21-12-13-32(28,29)17-21)25(27)15-20-8-5-7-19-6-3-4-9-22(19)20/h3-11,14,21H,12-13,15-17H2,1-2H3. The van der Waals surface area contributed by atoms with Gasteiger partial charge in [0.2, 0.25) is 5.91 Å². The Kier molecular flexibility index (Phi) is 6.37. The molecule has 1 amide bonds. The SMILES string of the molecule is COc1ccc(CN(C(=O)Cc2cccc3ccccc23)C2CCS(=O)(=O)C2)cc1OC. The lowest BCUT2D eigenvalue weighted by atomic mass is 10.0. The van der Waals surface area contributed by atoms with Crippen LogP contribution < -0.4 is 9.47 Å². The second kappa shape index (κ2) is 9.20. The van der Waals surface area contributed by atoms with Gasteiger partial charge in [0.15, 0.2) is 21.3 Å². The van der Waals surface area contributed by atoms with E-state index in [1.807, 2.05) is 54.6 Å². The van der Waals surface area contributed by atoms with E-state index in [0.717, 1.165) is 21.9 Å². The Morgan fingerprint density at radius 1 is 1.00 bits per heavy atom. The first-order valence-corrected chi connectivity index (χ1v) is 12.4. The monoisotopic (exact) mass is 453 g/mol. The predicted octanol–water partition coefficient (Wildman–Crippen LogP) is 3.62. The van der Waals surface area contributed by atoms with Crippen LogP contribution in [0.25, 0.3) is 10.8 Å². The molecule has 168 valence electrons. The highest BCUT2D eigenvalue weighted by atomic mass is 32.2. The van der Waals surface area contributed by atoms with Gasteiger partial charge in [0.25, 0.3) is 0 Å². The highest BCUT2D eigenvalue weighted by Gasteiger charge is 2.34. The lowest BCUT2D eigenvalue weighted by molar-refractivity contribution is -0.133. The zero-order valence-electron chi connectivity index (χ0n) is 18.3. The van der Waals surface area contributed by atoms with Crippen LogP contribution in [0.2, 0.25) is 0 Å². The minimum absolute atomic E-state index is 0.00155. The lowest BCUT2D eigenvalue weighted by Crippen LogP contribution is -2.41. The summed E-state index contributed by atoms with van der Waals surface area (Å²) in [5, 5.41) is 2.11. The zero-order chi connectivity index (χ0) is 22.7. The average Bonchev–Trinajstić information content (AvgIpc) is 3.16. The van der Waals surface area contributed by atoms with Crippen molar-refractivity contribution in [3.05, 3.63) is 71.8 Å². The third-order valence-corrected chi connectivity index (χ3v) is 7.74. The quantitative estimate of drug-likeness (QED) is 0.546. The molecule has 1 fully saturated rings. The number of hydrogen-bond acceptors (Lipinski definition) is 5. The van der Waals surface area contributed by atoms with Crippen molar-refractivity contribution in [1.82, 2.24) is 4.90 Å². The normalized spacial score (nSPS) is 17.2. The molecule has 1 unspecified atom stereocenters. The Labute approximate surface area is 188 Å². The second-order valence-corrected chi connectivity index (χ2v) is 10.3. The summed E-state index contributed by atoms with van der Waals surface area (Å²) in [7, 11) is -0.00143. The molecule has 4 rings (SSSR count). The van der Waals surface area contributed by atoms with E-state index in [0.29, 0.717) is 24.5 Å². The third kappa shape index (κ3) is 4.72. The highest BCUT2D eigenvalue weighted by molar-refractivity contribution is 7.91. The van der Waals surface area contributed by atoms with E-state index in [1.165, 1.54) is 0 Å². The summed E-state index contributed by atoms with van der Waals surface area (Å²) in [6.07, 6.45) is 0.669.